The zero-order chi connectivity index (χ0) is 13.8. The highest BCUT2D eigenvalue weighted by Crippen LogP contribution is 2.33. The Bertz CT molecular complexity index is 621. The van der Waals surface area contributed by atoms with Crippen molar-refractivity contribution in [2.75, 3.05) is 12.4 Å². The van der Waals surface area contributed by atoms with E-state index < -0.39 is 4.92 Å². The Kier molecular flexibility index (Phi) is 3.91. The third-order valence-corrected chi connectivity index (χ3v) is 2.68. The number of rotatable bonds is 4. The first kappa shape index (κ1) is 13.2. The van der Waals surface area contributed by atoms with E-state index in [2.05, 4.69) is 31.2 Å². The number of nitro groups is 1. The maximum Gasteiger partial charge on any atom is 0.312 e. The average molecular weight is 325 g/mol. The van der Waals surface area contributed by atoms with E-state index >= 15 is 0 Å². The van der Waals surface area contributed by atoms with Gasteiger partial charge in [0.25, 0.3) is 0 Å². The van der Waals surface area contributed by atoms with Crippen LogP contribution in [0.15, 0.2) is 34.9 Å². The molecule has 7 nitrogen and oxygen atoms in total. The molecule has 0 radical (unpaired) electrons. The van der Waals surface area contributed by atoms with Gasteiger partial charge < -0.3 is 10.1 Å². The lowest BCUT2D eigenvalue weighted by molar-refractivity contribution is -0.385. The quantitative estimate of drug-likeness (QED) is 0.686. The van der Waals surface area contributed by atoms with Gasteiger partial charge in [0.1, 0.15) is 0 Å². The smallest absolute Gasteiger partial charge is 0.312 e. The van der Waals surface area contributed by atoms with Crippen molar-refractivity contribution in [1.82, 2.24) is 9.97 Å². The van der Waals surface area contributed by atoms with Crippen molar-refractivity contribution in [3.05, 3.63) is 45.0 Å². The summed E-state index contributed by atoms with van der Waals surface area (Å²) in [5.41, 5.74) is -0.140. The first-order chi connectivity index (χ1) is 9.10. The first-order valence-corrected chi connectivity index (χ1v) is 6.02. The molecule has 0 bridgehead atoms. The summed E-state index contributed by atoms with van der Waals surface area (Å²) in [4.78, 5) is 18.4. The molecule has 1 aromatic carbocycles. The van der Waals surface area contributed by atoms with Crippen molar-refractivity contribution in [3.63, 3.8) is 0 Å². The molecule has 98 valence electrons. The van der Waals surface area contributed by atoms with E-state index in [-0.39, 0.29) is 17.3 Å². The van der Waals surface area contributed by atoms with Crippen molar-refractivity contribution < 1.29 is 9.66 Å². The second-order valence-electron chi connectivity index (χ2n) is 3.44. The predicted molar refractivity (Wildman–Crippen MR) is 72.4 cm³/mol. The minimum absolute atomic E-state index is 0.119. The first-order valence-electron chi connectivity index (χ1n) is 5.23. The molecule has 0 amide bonds. The Morgan fingerprint density at radius 3 is 2.89 bits per heavy atom. The third-order valence-electron chi connectivity index (χ3n) is 2.19. The van der Waals surface area contributed by atoms with Gasteiger partial charge in [-0.05, 0) is 12.1 Å². The Morgan fingerprint density at radius 1 is 1.42 bits per heavy atom. The highest BCUT2D eigenvalue weighted by Gasteiger charge is 2.16. The number of halogens is 1. The standard InChI is InChI=1S/C11H9BrN4O3/c1-13-11-14-5-4-10(15-11)19-9-3-2-7(12)6-8(9)16(17)18/h2-6H,1H3,(H,13,14,15). The van der Waals surface area contributed by atoms with E-state index in [0.717, 1.165) is 0 Å². The van der Waals surface area contributed by atoms with Crippen molar-refractivity contribution in [1.29, 1.82) is 0 Å². The summed E-state index contributed by atoms with van der Waals surface area (Å²) in [7, 11) is 1.67. The number of ether oxygens (including phenoxy) is 1. The van der Waals surface area contributed by atoms with Crippen LogP contribution in [0.1, 0.15) is 0 Å². The molecule has 0 aliphatic heterocycles. The topological polar surface area (TPSA) is 90.2 Å². The Balaban J connectivity index is 2.34. The summed E-state index contributed by atoms with van der Waals surface area (Å²) in [5, 5.41) is 13.7. The van der Waals surface area contributed by atoms with Crippen LogP contribution in [0.4, 0.5) is 11.6 Å². The summed E-state index contributed by atoms with van der Waals surface area (Å²) >= 11 is 3.18. The molecule has 0 aliphatic rings. The molecule has 0 fully saturated rings. The molecular formula is C11H9BrN4O3. The van der Waals surface area contributed by atoms with Crippen LogP contribution in [0.2, 0.25) is 0 Å². The number of nitro benzene ring substituents is 1. The van der Waals surface area contributed by atoms with Crippen LogP contribution >= 0.6 is 15.9 Å². The molecule has 0 saturated heterocycles. The van der Waals surface area contributed by atoms with E-state index in [4.69, 9.17) is 4.74 Å². The fourth-order valence-corrected chi connectivity index (χ4v) is 1.70. The SMILES string of the molecule is CNc1nccc(Oc2ccc(Br)cc2[N+](=O)[O-])n1. The normalized spacial score (nSPS) is 10.0. The van der Waals surface area contributed by atoms with Crippen LogP contribution in [0.3, 0.4) is 0 Å². The fourth-order valence-electron chi connectivity index (χ4n) is 1.35. The Labute approximate surface area is 116 Å². The lowest BCUT2D eigenvalue weighted by Gasteiger charge is -2.06. The summed E-state index contributed by atoms with van der Waals surface area (Å²) in [5.74, 6) is 0.719. The number of benzene rings is 1. The summed E-state index contributed by atoms with van der Waals surface area (Å²) in [6.07, 6.45) is 1.50. The summed E-state index contributed by atoms with van der Waals surface area (Å²) < 4.78 is 6.02. The maximum atomic E-state index is 10.9. The van der Waals surface area contributed by atoms with Gasteiger partial charge >= 0.3 is 5.69 Å². The van der Waals surface area contributed by atoms with Gasteiger partial charge in [0.2, 0.25) is 17.6 Å². The lowest BCUT2D eigenvalue weighted by atomic mass is 10.3. The zero-order valence-electron chi connectivity index (χ0n) is 9.83. The largest absolute Gasteiger partial charge is 0.432 e. The van der Waals surface area contributed by atoms with Crippen molar-refractivity contribution in [2.24, 2.45) is 0 Å². The number of anilines is 1. The predicted octanol–water partition coefficient (Wildman–Crippen LogP) is 2.98. The minimum atomic E-state index is -0.514. The van der Waals surface area contributed by atoms with Crippen LogP contribution in [-0.4, -0.2) is 21.9 Å². The molecule has 1 aromatic heterocycles. The Hall–Kier alpha value is -2.22. The molecule has 0 aliphatic carbocycles. The van der Waals surface area contributed by atoms with Gasteiger partial charge in [0, 0.05) is 29.8 Å². The van der Waals surface area contributed by atoms with Crippen molar-refractivity contribution >= 4 is 27.6 Å². The molecule has 1 N–H and O–H groups in total. The second kappa shape index (κ2) is 5.61. The summed E-state index contributed by atoms with van der Waals surface area (Å²) in [6, 6.07) is 6.05. The zero-order valence-corrected chi connectivity index (χ0v) is 11.4. The van der Waals surface area contributed by atoms with Crippen LogP contribution in [0, 0.1) is 10.1 Å². The van der Waals surface area contributed by atoms with Crippen LogP contribution in [0.5, 0.6) is 11.6 Å². The third kappa shape index (κ3) is 3.16. The Morgan fingerprint density at radius 2 is 2.21 bits per heavy atom. The average Bonchev–Trinajstić information content (AvgIpc) is 2.41. The molecule has 2 aromatic rings. The van der Waals surface area contributed by atoms with Gasteiger partial charge in [-0.3, -0.25) is 10.1 Å². The van der Waals surface area contributed by atoms with E-state index in [1.807, 2.05) is 0 Å². The van der Waals surface area contributed by atoms with Gasteiger partial charge in [-0.2, -0.15) is 4.98 Å². The molecule has 0 atom stereocenters. The molecular weight excluding hydrogens is 316 g/mol. The van der Waals surface area contributed by atoms with Crippen molar-refractivity contribution in [3.8, 4) is 11.6 Å². The number of nitrogens with one attached hydrogen (secondary N) is 1. The number of hydrogen-bond donors (Lipinski definition) is 1. The fraction of sp³-hybridized carbons (Fsp3) is 0.0909. The summed E-state index contributed by atoms with van der Waals surface area (Å²) in [6.45, 7) is 0. The van der Waals surface area contributed by atoms with Gasteiger partial charge in [-0.25, -0.2) is 4.98 Å². The monoisotopic (exact) mass is 324 g/mol. The highest BCUT2D eigenvalue weighted by molar-refractivity contribution is 9.10. The molecule has 19 heavy (non-hydrogen) atoms. The van der Waals surface area contributed by atoms with E-state index in [1.54, 1.807) is 13.1 Å². The molecule has 2 rings (SSSR count). The molecule has 0 spiro atoms. The van der Waals surface area contributed by atoms with E-state index in [0.29, 0.717) is 10.4 Å². The number of aromatic nitrogens is 2. The van der Waals surface area contributed by atoms with Gasteiger partial charge in [-0.1, -0.05) is 15.9 Å². The number of nitrogens with zero attached hydrogens (tertiary/aromatic N) is 3. The molecule has 1 heterocycles. The van der Waals surface area contributed by atoms with Gasteiger partial charge in [0.05, 0.1) is 4.92 Å². The van der Waals surface area contributed by atoms with E-state index in [1.165, 1.54) is 24.4 Å². The van der Waals surface area contributed by atoms with Crippen LogP contribution in [0.25, 0.3) is 0 Å². The van der Waals surface area contributed by atoms with Gasteiger partial charge in [0.15, 0.2) is 0 Å². The lowest BCUT2D eigenvalue weighted by Crippen LogP contribution is -1.98. The number of hydrogen-bond acceptors (Lipinski definition) is 6. The van der Waals surface area contributed by atoms with Crippen molar-refractivity contribution in [2.45, 2.75) is 0 Å². The van der Waals surface area contributed by atoms with Crippen LogP contribution < -0.4 is 10.1 Å². The highest BCUT2D eigenvalue weighted by atomic mass is 79.9. The van der Waals surface area contributed by atoms with Crippen LogP contribution in [-0.2, 0) is 0 Å². The van der Waals surface area contributed by atoms with E-state index in [9.17, 15) is 10.1 Å². The van der Waals surface area contributed by atoms with Gasteiger partial charge in [-0.15, -0.1) is 0 Å². The molecule has 0 unspecified atom stereocenters. The second-order valence-corrected chi connectivity index (χ2v) is 4.36. The maximum absolute atomic E-state index is 10.9. The molecule has 8 heteroatoms. The molecule has 0 saturated carbocycles. The minimum Gasteiger partial charge on any atom is -0.432 e.